The molecule has 17 heavy (non-hydrogen) atoms. The quantitative estimate of drug-likeness (QED) is 0.798. The second-order valence-corrected chi connectivity index (χ2v) is 5.96. The molecule has 1 N–H and O–H groups in total. The third-order valence-electron chi connectivity index (χ3n) is 4.28. The van der Waals surface area contributed by atoms with Gasteiger partial charge in [0.2, 0.25) is 5.91 Å². The molecule has 1 saturated heterocycles. The van der Waals surface area contributed by atoms with Gasteiger partial charge in [-0.15, -0.1) is 0 Å². The zero-order valence-electron chi connectivity index (χ0n) is 11.6. The lowest BCUT2D eigenvalue weighted by molar-refractivity contribution is -0.134. The summed E-state index contributed by atoms with van der Waals surface area (Å²) in [6.07, 6.45) is 5.63. The van der Waals surface area contributed by atoms with Crippen molar-refractivity contribution < 1.29 is 4.79 Å². The first-order valence-corrected chi connectivity index (χ1v) is 7.16. The molecule has 1 heterocycles. The molecule has 0 aromatic rings. The molecule has 0 bridgehead atoms. The molecule has 3 heteroatoms. The molecule has 1 aliphatic carbocycles. The first-order valence-electron chi connectivity index (χ1n) is 7.16. The van der Waals surface area contributed by atoms with Gasteiger partial charge in [-0.2, -0.15) is 0 Å². The Morgan fingerprint density at radius 1 is 1.41 bits per heavy atom. The van der Waals surface area contributed by atoms with E-state index < -0.39 is 0 Å². The molecule has 0 aromatic heterocycles. The molecule has 2 aliphatic rings. The Hall–Kier alpha value is -0.570. The van der Waals surface area contributed by atoms with E-state index in [0.29, 0.717) is 17.9 Å². The summed E-state index contributed by atoms with van der Waals surface area (Å²) in [6.45, 7) is 8.84. The number of hydrogen-bond acceptors (Lipinski definition) is 2. The van der Waals surface area contributed by atoms with Crippen LogP contribution >= 0.6 is 0 Å². The minimum Gasteiger partial charge on any atom is -0.322 e. The third kappa shape index (κ3) is 2.10. The van der Waals surface area contributed by atoms with Gasteiger partial charge in [0.1, 0.15) is 0 Å². The Labute approximate surface area is 105 Å². The normalized spacial score (nSPS) is 28.2. The first-order chi connectivity index (χ1) is 8.05. The Balaban J connectivity index is 2.18. The minimum absolute atomic E-state index is 0.151. The fraction of sp³-hybridized carbons (Fsp3) is 0.929. The van der Waals surface area contributed by atoms with Gasteiger partial charge in [0.25, 0.3) is 0 Å². The van der Waals surface area contributed by atoms with E-state index in [1.165, 1.54) is 0 Å². The van der Waals surface area contributed by atoms with E-state index in [0.717, 1.165) is 32.1 Å². The number of amides is 1. The lowest BCUT2D eigenvalue weighted by Crippen LogP contribution is -2.46. The van der Waals surface area contributed by atoms with Crippen LogP contribution in [0.5, 0.6) is 0 Å². The van der Waals surface area contributed by atoms with E-state index in [-0.39, 0.29) is 11.7 Å². The first kappa shape index (κ1) is 12.9. The van der Waals surface area contributed by atoms with E-state index in [9.17, 15) is 4.79 Å². The number of nitrogens with one attached hydrogen (secondary N) is 1. The molecule has 2 rings (SSSR count). The second-order valence-electron chi connectivity index (χ2n) is 5.96. The molecular weight excluding hydrogens is 212 g/mol. The number of carbonyl (C=O) groups excluding carboxylic acids is 1. The average Bonchev–Trinajstić information content (AvgIpc) is 2.99. The van der Waals surface area contributed by atoms with Crippen LogP contribution in [0.1, 0.15) is 59.8 Å². The van der Waals surface area contributed by atoms with Crippen molar-refractivity contribution in [3.8, 4) is 0 Å². The predicted molar refractivity (Wildman–Crippen MR) is 69.6 cm³/mol. The summed E-state index contributed by atoms with van der Waals surface area (Å²) in [5.41, 5.74) is -0.151. The lowest BCUT2D eigenvalue weighted by Gasteiger charge is -2.34. The van der Waals surface area contributed by atoms with E-state index >= 15 is 0 Å². The van der Waals surface area contributed by atoms with Crippen LogP contribution in [0.4, 0.5) is 0 Å². The second kappa shape index (κ2) is 4.60. The molecular formula is C14H26N2O. The molecule has 1 amide bonds. The highest BCUT2D eigenvalue weighted by Gasteiger charge is 2.59. The Bertz CT molecular complexity index is 297. The van der Waals surface area contributed by atoms with Crippen molar-refractivity contribution in [2.24, 2.45) is 5.92 Å². The summed E-state index contributed by atoms with van der Waals surface area (Å²) in [5, 5.41) is 3.59. The maximum atomic E-state index is 12.5. The van der Waals surface area contributed by atoms with Crippen molar-refractivity contribution >= 4 is 5.91 Å². The van der Waals surface area contributed by atoms with Gasteiger partial charge in [-0.25, -0.2) is 0 Å². The molecule has 0 aromatic carbocycles. The van der Waals surface area contributed by atoms with Gasteiger partial charge in [-0.05, 0) is 31.6 Å². The molecule has 2 atom stereocenters. The molecule has 1 spiro atoms. The van der Waals surface area contributed by atoms with Gasteiger partial charge in [-0.3, -0.25) is 10.1 Å². The number of carbonyl (C=O) groups is 1. The third-order valence-corrected chi connectivity index (χ3v) is 4.28. The molecule has 1 saturated carbocycles. The highest BCUT2D eigenvalue weighted by atomic mass is 16.2. The molecule has 1 aliphatic heterocycles. The van der Waals surface area contributed by atoms with Crippen LogP contribution in [0.25, 0.3) is 0 Å². The lowest BCUT2D eigenvalue weighted by atomic mass is 9.99. The zero-order chi connectivity index (χ0) is 12.6. The minimum atomic E-state index is -0.151. The maximum Gasteiger partial charge on any atom is 0.244 e. The highest BCUT2D eigenvalue weighted by Crippen LogP contribution is 2.44. The molecule has 3 nitrogen and oxygen atoms in total. The van der Waals surface area contributed by atoms with E-state index in [1.807, 2.05) is 0 Å². The fourth-order valence-electron chi connectivity index (χ4n) is 3.18. The predicted octanol–water partition coefficient (Wildman–Crippen LogP) is 2.51. The van der Waals surface area contributed by atoms with Crippen molar-refractivity contribution in [3.63, 3.8) is 0 Å². The van der Waals surface area contributed by atoms with Crippen LogP contribution in [0.15, 0.2) is 0 Å². The summed E-state index contributed by atoms with van der Waals surface area (Å²) >= 11 is 0. The highest BCUT2D eigenvalue weighted by molar-refractivity contribution is 5.92. The summed E-state index contributed by atoms with van der Waals surface area (Å²) in [4.78, 5) is 14.7. The van der Waals surface area contributed by atoms with Crippen LogP contribution in [0.3, 0.4) is 0 Å². The Morgan fingerprint density at radius 2 is 2.06 bits per heavy atom. The van der Waals surface area contributed by atoms with Crippen molar-refractivity contribution in [1.29, 1.82) is 0 Å². The molecule has 0 radical (unpaired) electrons. The summed E-state index contributed by atoms with van der Waals surface area (Å²) < 4.78 is 0. The van der Waals surface area contributed by atoms with Gasteiger partial charge in [0, 0.05) is 6.04 Å². The van der Waals surface area contributed by atoms with Gasteiger partial charge >= 0.3 is 0 Å². The van der Waals surface area contributed by atoms with Crippen LogP contribution in [-0.2, 0) is 4.79 Å². The summed E-state index contributed by atoms with van der Waals surface area (Å²) in [7, 11) is 0. The summed E-state index contributed by atoms with van der Waals surface area (Å²) in [5.74, 6) is 0.913. The van der Waals surface area contributed by atoms with Crippen LogP contribution in [-0.4, -0.2) is 28.6 Å². The zero-order valence-corrected chi connectivity index (χ0v) is 11.6. The largest absolute Gasteiger partial charge is 0.322 e. The van der Waals surface area contributed by atoms with Gasteiger partial charge in [0.05, 0.1) is 11.7 Å². The van der Waals surface area contributed by atoms with Crippen LogP contribution < -0.4 is 5.32 Å². The molecule has 2 unspecified atom stereocenters. The number of nitrogens with zero attached hydrogens (tertiary/aromatic N) is 1. The maximum absolute atomic E-state index is 12.5. The smallest absolute Gasteiger partial charge is 0.244 e. The van der Waals surface area contributed by atoms with Crippen molar-refractivity contribution in [2.75, 3.05) is 0 Å². The Kier molecular flexibility index (Phi) is 3.48. The number of rotatable bonds is 5. The monoisotopic (exact) mass is 238 g/mol. The standard InChI is InChI=1S/C14H26N2O/c1-5-7-12-15-14(8-9-14)13(17)16(12)11(6-2)10(3)4/h10-12,15H,5-9H2,1-4H3. The van der Waals surface area contributed by atoms with E-state index in [1.54, 1.807) is 0 Å². The average molecular weight is 238 g/mol. The van der Waals surface area contributed by atoms with Crippen molar-refractivity contribution in [3.05, 3.63) is 0 Å². The fourth-order valence-corrected chi connectivity index (χ4v) is 3.18. The van der Waals surface area contributed by atoms with Gasteiger partial charge in [0.15, 0.2) is 0 Å². The topological polar surface area (TPSA) is 32.3 Å². The van der Waals surface area contributed by atoms with Crippen molar-refractivity contribution in [1.82, 2.24) is 10.2 Å². The summed E-state index contributed by atoms with van der Waals surface area (Å²) in [6, 6.07) is 0.395. The van der Waals surface area contributed by atoms with Gasteiger partial charge in [-0.1, -0.05) is 34.1 Å². The molecule has 2 fully saturated rings. The van der Waals surface area contributed by atoms with E-state index in [4.69, 9.17) is 0 Å². The Morgan fingerprint density at radius 3 is 2.47 bits per heavy atom. The van der Waals surface area contributed by atoms with Gasteiger partial charge < -0.3 is 4.90 Å². The number of hydrogen-bond donors (Lipinski definition) is 1. The van der Waals surface area contributed by atoms with Crippen LogP contribution in [0.2, 0.25) is 0 Å². The SMILES string of the molecule is CCCC1NC2(CC2)C(=O)N1C(CC)C(C)C. The van der Waals surface area contributed by atoms with Crippen LogP contribution in [0, 0.1) is 5.92 Å². The van der Waals surface area contributed by atoms with Crippen molar-refractivity contribution in [2.45, 2.75) is 77.5 Å². The molecule has 98 valence electrons. The van der Waals surface area contributed by atoms with E-state index in [2.05, 4.69) is 37.9 Å².